The molecule has 0 aromatic heterocycles. The molecule has 0 atom stereocenters. The standard InChI is InChI=1S/C10H18N2O2S/c1-5-10(8-11-3)7-6-9(2)15(13,14)12-4/h5-7,11-12H,2,8H2,1,3-4H3/b7-6-,10-5+. The van der Waals surface area contributed by atoms with E-state index < -0.39 is 10.0 Å². The van der Waals surface area contributed by atoms with Crippen molar-refractivity contribution in [3.63, 3.8) is 0 Å². The van der Waals surface area contributed by atoms with Crippen molar-refractivity contribution in [2.24, 2.45) is 0 Å². The minimum absolute atomic E-state index is 0.0560. The number of likely N-dealkylation sites (N-methyl/N-ethyl adjacent to an activating group) is 1. The summed E-state index contributed by atoms with van der Waals surface area (Å²) < 4.78 is 24.7. The number of nitrogens with one attached hydrogen (secondary N) is 2. The number of allylic oxidation sites excluding steroid dienone is 2. The second-order valence-electron chi connectivity index (χ2n) is 2.90. The van der Waals surface area contributed by atoms with Gasteiger partial charge in [-0.1, -0.05) is 18.7 Å². The van der Waals surface area contributed by atoms with E-state index in [1.165, 1.54) is 13.1 Å². The van der Waals surface area contributed by atoms with E-state index in [4.69, 9.17) is 0 Å². The normalized spacial score (nSPS) is 13.4. The quantitative estimate of drug-likeness (QED) is 0.663. The lowest BCUT2D eigenvalue weighted by Gasteiger charge is -2.02. The van der Waals surface area contributed by atoms with Crippen LogP contribution in [0.5, 0.6) is 0 Å². The summed E-state index contributed by atoms with van der Waals surface area (Å²) in [6.45, 7) is 6.07. The number of rotatable bonds is 6. The van der Waals surface area contributed by atoms with E-state index >= 15 is 0 Å². The first-order chi connectivity index (χ1) is 6.97. The van der Waals surface area contributed by atoms with E-state index in [1.54, 1.807) is 6.08 Å². The molecule has 0 aliphatic rings. The van der Waals surface area contributed by atoms with Crippen LogP contribution < -0.4 is 10.0 Å². The van der Waals surface area contributed by atoms with Crippen LogP contribution in [0.3, 0.4) is 0 Å². The molecule has 86 valence electrons. The summed E-state index contributed by atoms with van der Waals surface area (Å²) in [6.07, 6.45) is 5.12. The zero-order chi connectivity index (χ0) is 11.9. The summed E-state index contributed by atoms with van der Waals surface area (Å²) in [6, 6.07) is 0. The fourth-order valence-electron chi connectivity index (χ4n) is 0.882. The highest BCUT2D eigenvalue weighted by Crippen LogP contribution is 2.05. The molecule has 0 spiro atoms. The minimum atomic E-state index is -3.40. The molecule has 5 heteroatoms. The van der Waals surface area contributed by atoms with E-state index in [2.05, 4.69) is 16.6 Å². The Kier molecular flexibility index (Phi) is 6.15. The van der Waals surface area contributed by atoms with Crippen molar-refractivity contribution >= 4 is 10.0 Å². The Balaban J connectivity index is 4.61. The van der Waals surface area contributed by atoms with Crippen LogP contribution in [0, 0.1) is 0 Å². The zero-order valence-electron chi connectivity index (χ0n) is 9.37. The molecule has 0 unspecified atom stereocenters. The van der Waals surface area contributed by atoms with Crippen molar-refractivity contribution in [3.8, 4) is 0 Å². The van der Waals surface area contributed by atoms with Crippen molar-refractivity contribution in [2.75, 3.05) is 20.6 Å². The van der Waals surface area contributed by atoms with Gasteiger partial charge in [0.2, 0.25) is 10.0 Å². The van der Waals surface area contributed by atoms with Crippen molar-refractivity contribution in [3.05, 3.63) is 35.3 Å². The molecule has 0 aliphatic carbocycles. The Morgan fingerprint density at radius 2 is 1.93 bits per heavy atom. The maximum absolute atomic E-state index is 11.3. The van der Waals surface area contributed by atoms with Crippen LogP contribution in [-0.2, 0) is 10.0 Å². The smallest absolute Gasteiger partial charge is 0.239 e. The molecule has 15 heavy (non-hydrogen) atoms. The summed E-state index contributed by atoms with van der Waals surface area (Å²) in [5.74, 6) is 0. The lowest BCUT2D eigenvalue weighted by molar-refractivity contribution is 0.595. The summed E-state index contributed by atoms with van der Waals surface area (Å²) in [4.78, 5) is 0.0560. The molecule has 0 aliphatic heterocycles. The SMILES string of the molecule is C=C(/C=C\C(=C/C)CNC)S(=O)(=O)NC. The van der Waals surface area contributed by atoms with Crippen LogP contribution in [0.1, 0.15) is 6.92 Å². The highest BCUT2D eigenvalue weighted by Gasteiger charge is 2.08. The van der Waals surface area contributed by atoms with Crippen molar-refractivity contribution in [1.82, 2.24) is 10.0 Å². The van der Waals surface area contributed by atoms with Crippen LogP contribution in [0.2, 0.25) is 0 Å². The van der Waals surface area contributed by atoms with Gasteiger partial charge < -0.3 is 5.32 Å². The molecule has 2 N–H and O–H groups in total. The third-order valence-electron chi connectivity index (χ3n) is 1.85. The number of hydrogen-bond acceptors (Lipinski definition) is 3. The van der Waals surface area contributed by atoms with Gasteiger partial charge in [-0.15, -0.1) is 0 Å². The van der Waals surface area contributed by atoms with Crippen LogP contribution in [0.15, 0.2) is 35.3 Å². The third-order valence-corrected chi connectivity index (χ3v) is 3.21. The van der Waals surface area contributed by atoms with Gasteiger partial charge in [0.05, 0.1) is 4.91 Å². The van der Waals surface area contributed by atoms with Gasteiger partial charge in [0.15, 0.2) is 0 Å². The van der Waals surface area contributed by atoms with E-state index in [1.807, 2.05) is 20.0 Å². The number of hydrogen-bond donors (Lipinski definition) is 2. The first kappa shape index (κ1) is 14.1. The Morgan fingerprint density at radius 3 is 2.33 bits per heavy atom. The van der Waals surface area contributed by atoms with Crippen LogP contribution in [0.25, 0.3) is 0 Å². The Labute approximate surface area is 91.8 Å². The molecule has 0 radical (unpaired) electrons. The minimum Gasteiger partial charge on any atom is -0.316 e. The molecule has 0 saturated carbocycles. The van der Waals surface area contributed by atoms with Gasteiger partial charge in [0.1, 0.15) is 0 Å². The summed E-state index contributed by atoms with van der Waals surface area (Å²) in [5.41, 5.74) is 1.00. The van der Waals surface area contributed by atoms with E-state index in [0.717, 1.165) is 5.57 Å². The van der Waals surface area contributed by atoms with Gasteiger partial charge in [-0.05, 0) is 32.7 Å². The molecular weight excluding hydrogens is 212 g/mol. The maximum atomic E-state index is 11.3. The third kappa shape index (κ3) is 4.92. The molecule has 0 heterocycles. The van der Waals surface area contributed by atoms with Crippen LogP contribution in [0.4, 0.5) is 0 Å². The molecule has 0 aromatic rings. The molecular formula is C10H18N2O2S. The van der Waals surface area contributed by atoms with Crippen LogP contribution >= 0.6 is 0 Å². The van der Waals surface area contributed by atoms with Gasteiger partial charge in [0.25, 0.3) is 0 Å². The van der Waals surface area contributed by atoms with E-state index in [0.29, 0.717) is 6.54 Å². The average Bonchev–Trinajstić information content (AvgIpc) is 2.23. The fraction of sp³-hybridized carbons (Fsp3) is 0.400. The monoisotopic (exact) mass is 230 g/mol. The predicted molar refractivity (Wildman–Crippen MR) is 63.9 cm³/mol. The Hall–Kier alpha value is -0.910. The van der Waals surface area contributed by atoms with Crippen molar-refractivity contribution in [2.45, 2.75) is 6.92 Å². The molecule has 0 saturated heterocycles. The highest BCUT2D eigenvalue weighted by molar-refractivity contribution is 7.93. The van der Waals surface area contributed by atoms with Crippen molar-refractivity contribution < 1.29 is 8.42 Å². The van der Waals surface area contributed by atoms with Crippen LogP contribution in [-0.4, -0.2) is 29.1 Å². The largest absolute Gasteiger partial charge is 0.316 e. The van der Waals surface area contributed by atoms with Gasteiger partial charge in [0, 0.05) is 6.54 Å². The lowest BCUT2D eigenvalue weighted by Crippen LogP contribution is -2.19. The molecule has 0 amide bonds. The summed E-state index contributed by atoms with van der Waals surface area (Å²) >= 11 is 0. The first-order valence-corrected chi connectivity index (χ1v) is 6.06. The lowest BCUT2D eigenvalue weighted by atomic mass is 10.2. The second kappa shape index (κ2) is 6.55. The molecule has 0 aromatic carbocycles. The van der Waals surface area contributed by atoms with E-state index in [9.17, 15) is 8.42 Å². The van der Waals surface area contributed by atoms with Gasteiger partial charge in [-0.3, -0.25) is 0 Å². The topological polar surface area (TPSA) is 58.2 Å². The molecule has 4 nitrogen and oxygen atoms in total. The highest BCUT2D eigenvalue weighted by atomic mass is 32.2. The van der Waals surface area contributed by atoms with Gasteiger partial charge >= 0.3 is 0 Å². The summed E-state index contributed by atoms with van der Waals surface area (Å²) in [7, 11) is -0.206. The molecule has 0 rings (SSSR count). The van der Waals surface area contributed by atoms with E-state index in [-0.39, 0.29) is 4.91 Å². The van der Waals surface area contributed by atoms with Gasteiger partial charge in [-0.2, -0.15) is 0 Å². The Bertz CT molecular complexity index is 367. The maximum Gasteiger partial charge on any atom is 0.239 e. The second-order valence-corrected chi connectivity index (χ2v) is 4.84. The first-order valence-electron chi connectivity index (χ1n) is 4.58. The zero-order valence-corrected chi connectivity index (χ0v) is 10.2. The molecule has 0 bridgehead atoms. The van der Waals surface area contributed by atoms with Gasteiger partial charge in [-0.25, -0.2) is 13.1 Å². The summed E-state index contributed by atoms with van der Waals surface area (Å²) in [5, 5.41) is 2.98. The molecule has 0 fully saturated rings. The Morgan fingerprint density at radius 1 is 1.33 bits per heavy atom. The average molecular weight is 230 g/mol. The van der Waals surface area contributed by atoms with Crippen molar-refractivity contribution in [1.29, 1.82) is 0 Å². The fourth-order valence-corrected chi connectivity index (χ4v) is 1.39. The predicted octanol–water partition coefficient (Wildman–Crippen LogP) is 0.771. The number of sulfonamides is 1.